The summed E-state index contributed by atoms with van der Waals surface area (Å²) in [5.41, 5.74) is 0.448. The molecule has 2 atom stereocenters. The van der Waals surface area contributed by atoms with Crippen LogP contribution in [0.4, 0.5) is 65.9 Å². The summed E-state index contributed by atoms with van der Waals surface area (Å²) in [6, 6.07) is 4.69. The molecule has 19 heteroatoms. The van der Waals surface area contributed by atoms with Crippen LogP contribution in [0.1, 0.15) is 31.2 Å². The van der Waals surface area contributed by atoms with E-state index in [1.165, 1.54) is 12.1 Å². The predicted octanol–water partition coefficient (Wildman–Crippen LogP) is 6.15. The lowest BCUT2D eigenvalue weighted by atomic mass is 9.88. The second kappa shape index (κ2) is 11.1. The summed E-state index contributed by atoms with van der Waals surface area (Å²) in [4.78, 5) is 24.2. The van der Waals surface area contributed by atoms with E-state index >= 15 is 0 Å². The van der Waals surface area contributed by atoms with Gasteiger partial charge in [-0.15, -0.1) is 0 Å². The molecular formula is C22H19F15N2O2. The van der Waals surface area contributed by atoms with Gasteiger partial charge in [0, 0.05) is 12.1 Å². The third kappa shape index (κ3) is 5.89. The van der Waals surface area contributed by atoms with Crippen LogP contribution in [0.25, 0.3) is 0 Å². The molecule has 1 aliphatic rings. The van der Waals surface area contributed by atoms with E-state index in [-0.39, 0.29) is 32.1 Å². The van der Waals surface area contributed by atoms with E-state index in [2.05, 4.69) is 5.32 Å². The lowest BCUT2D eigenvalue weighted by Gasteiger charge is -2.41. The number of nitrogens with one attached hydrogen (secondary N) is 2. The van der Waals surface area contributed by atoms with Gasteiger partial charge in [-0.3, -0.25) is 9.59 Å². The number of halogens is 15. The zero-order valence-corrected chi connectivity index (χ0v) is 20.1. The first-order chi connectivity index (χ1) is 18.4. The second-order valence-corrected chi connectivity index (χ2v) is 9.14. The van der Waals surface area contributed by atoms with Crippen molar-refractivity contribution in [2.24, 2.45) is 0 Å². The molecule has 0 spiro atoms. The van der Waals surface area contributed by atoms with Gasteiger partial charge in [-0.25, -0.2) is 0 Å². The van der Waals surface area contributed by atoms with Gasteiger partial charge in [-0.05, 0) is 18.4 Å². The second-order valence-electron chi connectivity index (χ2n) is 9.14. The Balaban J connectivity index is 2.31. The topological polar surface area (TPSA) is 58.2 Å². The van der Waals surface area contributed by atoms with E-state index in [1.807, 2.05) is 0 Å². The molecular weight excluding hydrogens is 609 g/mol. The average molecular weight is 628 g/mol. The first-order valence-corrected chi connectivity index (χ1v) is 11.3. The van der Waals surface area contributed by atoms with E-state index in [1.54, 1.807) is 18.2 Å². The highest BCUT2D eigenvalue weighted by atomic mass is 19.4. The Morgan fingerprint density at radius 2 is 1.02 bits per heavy atom. The van der Waals surface area contributed by atoms with Crippen LogP contribution < -0.4 is 10.6 Å². The van der Waals surface area contributed by atoms with Crippen molar-refractivity contribution in [2.45, 2.75) is 85.9 Å². The minimum Gasteiger partial charge on any atom is -0.351 e. The third-order valence-corrected chi connectivity index (χ3v) is 6.25. The number of carbonyl (C=O) groups is 2. The minimum atomic E-state index is -8.48. The van der Waals surface area contributed by atoms with Gasteiger partial charge in [0.05, 0.1) is 6.42 Å². The van der Waals surface area contributed by atoms with Crippen LogP contribution in [0.15, 0.2) is 30.3 Å². The van der Waals surface area contributed by atoms with Crippen molar-refractivity contribution in [3.63, 3.8) is 0 Å². The van der Waals surface area contributed by atoms with Crippen LogP contribution in [0, 0.1) is 0 Å². The number of hydrogen-bond donors (Lipinski definition) is 2. The molecule has 4 nitrogen and oxygen atoms in total. The summed E-state index contributed by atoms with van der Waals surface area (Å²) in [5.74, 6) is -52.6. The van der Waals surface area contributed by atoms with Crippen LogP contribution in [-0.4, -0.2) is 65.6 Å². The Hall–Kier alpha value is -2.89. The molecule has 0 heterocycles. The lowest BCUT2D eigenvalue weighted by molar-refractivity contribution is -0.449. The molecule has 2 N–H and O–H groups in total. The normalized spacial score (nSPS) is 20.0. The van der Waals surface area contributed by atoms with Crippen LogP contribution >= 0.6 is 0 Å². The summed E-state index contributed by atoms with van der Waals surface area (Å²) in [7, 11) is 0. The Morgan fingerprint density at radius 1 is 0.610 bits per heavy atom. The molecule has 0 aliphatic heterocycles. The predicted molar refractivity (Wildman–Crippen MR) is 108 cm³/mol. The number of alkyl halides is 15. The Labute approximate surface area is 220 Å². The smallest absolute Gasteiger partial charge is 0.351 e. The van der Waals surface area contributed by atoms with Gasteiger partial charge in [-0.2, -0.15) is 65.9 Å². The molecule has 2 rings (SSSR count). The molecule has 1 aromatic carbocycles. The van der Waals surface area contributed by atoms with Crippen molar-refractivity contribution in [1.29, 1.82) is 0 Å². The molecule has 2 amide bonds. The number of amides is 2. The Bertz CT molecular complexity index is 1090. The lowest BCUT2D eigenvalue weighted by Crippen LogP contribution is -2.74. The molecule has 1 saturated carbocycles. The van der Waals surface area contributed by atoms with E-state index in [0.29, 0.717) is 5.56 Å². The van der Waals surface area contributed by atoms with E-state index in [4.69, 9.17) is 0 Å². The number of carbonyl (C=O) groups excluding carboxylic acids is 2. The summed E-state index contributed by atoms with van der Waals surface area (Å²) < 4.78 is 201. The van der Waals surface area contributed by atoms with Gasteiger partial charge in [-0.1, -0.05) is 43.2 Å². The first kappa shape index (κ1) is 34.3. The maximum Gasteiger partial charge on any atom is 0.460 e. The molecule has 0 radical (unpaired) electrons. The largest absolute Gasteiger partial charge is 0.460 e. The highest BCUT2D eigenvalue weighted by Gasteiger charge is 2.94. The van der Waals surface area contributed by atoms with Crippen LogP contribution in [0.5, 0.6) is 0 Å². The van der Waals surface area contributed by atoms with Crippen LogP contribution in [-0.2, 0) is 16.0 Å². The van der Waals surface area contributed by atoms with Crippen molar-refractivity contribution in [1.82, 2.24) is 10.6 Å². The van der Waals surface area contributed by atoms with Gasteiger partial charge in [0.15, 0.2) is 0 Å². The maximum absolute atomic E-state index is 14.3. The van der Waals surface area contributed by atoms with Crippen molar-refractivity contribution in [3.8, 4) is 0 Å². The highest BCUT2D eigenvalue weighted by Crippen LogP contribution is 2.62. The van der Waals surface area contributed by atoms with Crippen LogP contribution in [0.3, 0.4) is 0 Å². The quantitative estimate of drug-likeness (QED) is 0.306. The first-order valence-electron chi connectivity index (χ1n) is 11.3. The van der Waals surface area contributed by atoms with Crippen molar-refractivity contribution < 1.29 is 75.4 Å². The highest BCUT2D eigenvalue weighted by molar-refractivity contribution is 5.85. The molecule has 1 aliphatic carbocycles. The third-order valence-electron chi connectivity index (χ3n) is 6.25. The zero-order chi connectivity index (χ0) is 31.9. The Kier molecular flexibility index (Phi) is 9.27. The van der Waals surface area contributed by atoms with E-state index < -0.39 is 65.6 Å². The van der Waals surface area contributed by atoms with Gasteiger partial charge in [0.2, 0.25) is 5.91 Å². The standard InChI is InChI=1S/C22H19F15N2O2/c23-16(24,17(25,26)18(27,28)19(29,30)20(31,32)21(33,34)22(35,36)37)15(41)39-13-9-5-4-8-12(13)38-14(40)10-11-6-2-1-3-7-11/h1-3,6-7,12-13H,4-5,8-10H2,(H,38,40)(H,39,41)/t12-,13-/m1/s1. The summed E-state index contributed by atoms with van der Waals surface area (Å²) in [6.45, 7) is 0. The number of hydrogen-bond acceptors (Lipinski definition) is 2. The van der Waals surface area contributed by atoms with E-state index in [0.717, 1.165) is 5.32 Å². The van der Waals surface area contributed by atoms with Gasteiger partial charge in [0.1, 0.15) is 0 Å². The zero-order valence-electron chi connectivity index (χ0n) is 20.1. The summed E-state index contributed by atoms with van der Waals surface area (Å²) >= 11 is 0. The van der Waals surface area contributed by atoms with Gasteiger partial charge in [0.25, 0.3) is 5.91 Å². The average Bonchev–Trinajstić information content (AvgIpc) is 2.84. The molecule has 0 aromatic heterocycles. The molecule has 0 bridgehead atoms. The molecule has 41 heavy (non-hydrogen) atoms. The SMILES string of the molecule is O=C(Cc1ccccc1)N[C@@H]1CCCC[C@H]1NC(=O)C(F)(F)C(F)(F)C(F)(F)C(F)(F)C(F)(F)C(F)(F)C(F)(F)F. The van der Waals surface area contributed by atoms with E-state index in [9.17, 15) is 75.4 Å². The summed E-state index contributed by atoms with van der Waals surface area (Å²) in [5, 5.41) is 3.40. The fourth-order valence-electron chi connectivity index (χ4n) is 3.88. The fraction of sp³-hybridized carbons (Fsp3) is 0.636. The summed E-state index contributed by atoms with van der Waals surface area (Å²) in [6.07, 6.45) is -8.14. The van der Waals surface area contributed by atoms with Gasteiger partial charge < -0.3 is 10.6 Å². The molecule has 234 valence electrons. The molecule has 1 fully saturated rings. The monoisotopic (exact) mass is 628 g/mol. The maximum atomic E-state index is 14.3. The Morgan fingerprint density at radius 3 is 1.49 bits per heavy atom. The van der Waals surface area contributed by atoms with Crippen molar-refractivity contribution in [3.05, 3.63) is 35.9 Å². The van der Waals surface area contributed by atoms with Crippen molar-refractivity contribution in [2.75, 3.05) is 0 Å². The minimum absolute atomic E-state index is 0.0744. The molecule has 1 aromatic rings. The van der Waals surface area contributed by atoms with Crippen LogP contribution in [0.2, 0.25) is 0 Å². The molecule has 0 saturated heterocycles. The van der Waals surface area contributed by atoms with Gasteiger partial charge >= 0.3 is 41.7 Å². The number of rotatable bonds is 10. The van der Waals surface area contributed by atoms with Crippen molar-refractivity contribution >= 4 is 11.8 Å². The fourth-order valence-corrected chi connectivity index (χ4v) is 3.88. The number of benzene rings is 1. The molecule has 0 unspecified atom stereocenters.